The molecule has 1 heterocycles. The van der Waals surface area contributed by atoms with Gasteiger partial charge in [0.1, 0.15) is 0 Å². The quantitative estimate of drug-likeness (QED) is 0.581. The van der Waals surface area contributed by atoms with Gasteiger partial charge in [-0.15, -0.1) is 0 Å². The predicted molar refractivity (Wildman–Crippen MR) is 76.0 cm³/mol. The first-order chi connectivity index (χ1) is 9.03. The Morgan fingerprint density at radius 2 is 2.16 bits per heavy atom. The van der Waals surface area contributed by atoms with Gasteiger partial charge in [-0.05, 0) is 12.8 Å². The monoisotopic (exact) mass is 293 g/mol. The number of hydrogen-bond donors (Lipinski definition) is 2. The summed E-state index contributed by atoms with van der Waals surface area (Å²) in [4.78, 5) is 0. The van der Waals surface area contributed by atoms with Crippen LogP contribution in [0.3, 0.4) is 0 Å². The van der Waals surface area contributed by atoms with Crippen molar-refractivity contribution in [2.45, 2.75) is 51.2 Å². The first kappa shape index (κ1) is 16.9. The first-order valence-electron chi connectivity index (χ1n) is 7.23. The maximum atomic E-state index is 11.3. The van der Waals surface area contributed by atoms with Crippen molar-refractivity contribution in [2.24, 2.45) is 0 Å². The van der Waals surface area contributed by atoms with Crippen LogP contribution < -0.4 is 5.32 Å². The lowest BCUT2D eigenvalue weighted by Crippen LogP contribution is -2.38. The van der Waals surface area contributed by atoms with Gasteiger partial charge >= 0.3 is 0 Å². The van der Waals surface area contributed by atoms with E-state index < -0.39 is 15.9 Å². The second kappa shape index (κ2) is 8.89. The minimum atomic E-state index is -2.85. The molecule has 0 aromatic carbocycles. The van der Waals surface area contributed by atoms with Crippen LogP contribution in [0.25, 0.3) is 0 Å². The summed E-state index contributed by atoms with van der Waals surface area (Å²) in [6.45, 7) is 3.57. The predicted octanol–water partition coefficient (Wildman–Crippen LogP) is 0.721. The number of unbranched alkanes of at least 4 members (excludes halogenated alkanes) is 3. The van der Waals surface area contributed by atoms with Crippen molar-refractivity contribution >= 4 is 9.84 Å². The Labute approximate surface area is 116 Å². The highest BCUT2D eigenvalue weighted by Crippen LogP contribution is 2.11. The molecule has 2 atom stereocenters. The maximum absolute atomic E-state index is 11.3. The highest BCUT2D eigenvalue weighted by atomic mass is 32.2. The summed E-state index contributed by atoms with van der Waals surface area (Å²) in [5.74, 6) is 0.451. The number of hydrogen-bond acceptors (Lipinski definition) is 5. The molecule has 0 aromatic rings. The molecular weight excluding hydrogens is 266 g/mol. The van der Waals surface area contributed by atoms with E-state index >= 15 is 0 Å². The van der Waals surface area contributed by atoms with Gasteiger partial charge in [0.2, 0.25) is 0 Å². The summed E-state index contributed by atoms with van der Waals surface area (Å²) in [6.07, 6.45) is 4.72. The van der Waals surface area contributed by atoms with E-state index in [1.807, 2.05) is 0 Å². The van der Waals surface area contributed by atoms with Crippen LogP contribution in [0.4, 0.5) is 0 Å². The normalized spacial score (nSPS) is 23.6. The Bertz CT molecular complexity index is 332. The molecule has 2 N–H and O–H groups in total. The molecule has 1 aliphatic rings. The third-order valence-electron chi connectivity index (χ3n) is 3.33. The molecule has 1 saturated heterocycles. The first-order valence-corrected chi connectivity index (χ1v) is 9.05. The van der Waals surface area contributed by atoms with Gasteiger partial charge < -0.3 is 15.2 Å². The molecule has 1 aliphatic heterocycles. The van der Waals surface area contributed by atoms with Crippen molar-refractivity contribution in [3.05, 3.63) is 0 Å². The van der Waals surface area contributed by atoms with Crippen molar-refractivity contribution in [3.63, 3.8) is 0 Å². The van der Waals surface area contributed by atoms with E-state index in [1.54, 1.807) is 0 Å². The van der Waals surface area contributed by atoms with Crippen molar-refractivity contribution in [1.82, 2.24) is 5.32 Å². The van der Waals surface area contributed by atoms with Crippen LogP contribution in [0, 0.1) is 0 Å². The zero-order valence-electron chi connectivity index (χ0n) is 11.8. The third-order valence-corrected chi connectivity index (χ3v) is 5.10. The lowest BCUT2D eigenvalue weighted by atomic mass is 10.2. The lowest BCUT2D eigenvalue weighted by molar-refractivity contribution is 0.0345. The molecule has 1 rings (SSSR count). The van der Waals surface area contributed by atoms with E-state index in [-0.39, 0.29) is 17.5 Å². The van der Waals surface area contributed by atoms with Crippen LogP contribution in [0.15, 0.2) is 0 Å². The summed E-state index contributed by atoms with van der Waals surface area (Å²) in [5.41, 5.74) is 0. The van der Waals surface area contributed by atoms with Crippen LogP contribution in [-0.2, 0) is 14.6 Å². The van der Waals surface area contributed by atoms with Gasteiger partial charge in [-0.3, -0.25) is 0 Å². The highest BCUT2D eigenvalue weighted by molar-refractivity contribution is 7.91. The zero-order chi connectivity index (χ0) is 14.1. The fourth-order valence-electron chi connectivity index (χ4n) is 2.17. The molecule has 0 spiro atoms. The van der Waals surface area contributed by atoms with Crippen molar-refractivity contribution in [1.29, 1.82) is 0 Å². The molecule has 0 amide bonds. The second-order valence-corrected chi connectivity index (χ2v) is 7.53. The summed E-state index contributed by atoms with van der Waals surface area (Å²) >= 11 is 0. The third kappa shape index (κ3) is 7.87. The molecule has 1 fully saturated rings. The van der Waals surface area contributed by atoms with Gasteiger partial charge in [0, 0.05) is 19.2 Å². The Balaban J connectivity index is 1.98. The lowest BCUT2D eigenvalue weighted by Gasteiger charge is -2.15. The minimum absolute atomic E-state index is 0.01000. The van der Waals surface area contributed by atoms with E-state index in [4.69, 9.17) is 4.74 Å². The number of nitrogens with one attached hydrogen (secondary N) is 1. The van der Waals surface area contributed by atoms with Gasteiger partial charge in [-0.2, -0.15) is 0 Å². The van der Waals surface area contributed by atoms with Crippen LogP contribution in [0.5, 0.6) is 0 Å². The largest absolute Gasteiger partial charge is 0.389 e. The molecule has 2 unspecified atom stereocenters. The Morgan fingerprint density at radius 3 is 2.79 bits per heavy atom. The number of ether oxygens (including phenoxy) is 1. The van der Waals surface area contributed by atoms with Gasteiger partial charge in [0.05, 0.1) is 24.2 Å². The van der Waals surface area contributed by atoms with Crippen LogP contribution >= 0.6 is 0 Å². The summed E-state index contributed by atoms with van der Waals surface area (Å²) in [6, 6.07) is -0.01000. The van der Waals surface area contributed by atoms with E-state index in [9.17, 15) is 13.5 Å². The number of sulfone groups is 1. The van der Waals surface area contributed by atoms with Crippen LogP contribution in [0.2, 0.25) is 0 Å². The Kier molecular flexibility index (Phi) is 7.90. The molecule has 6 heteroatoms. The van der Waals surface area contributed by atoms with Crippen molar-refractivity contribution in [3.8, 4) is 0 Å². The Hall–Kier alpha value is -0.170. The highest BCUT2D eigenvalue weighted by Gasteiger charge is 2.27. The maximum Gasteiger partial charge on any atom is 0.151 e. The average molecular weight is 293 g/mol. The number of aliphatic hydroxyl groups excluding tert-OH is 1. The van der Waals surface area contributed by atoms with Crippen molar-refractivity contribution in [2.75, 3.05) is 31.3 Å². The zero-order valence-corrected chi connectivity index (χ0v) is 12.6. The molecule has 0 saturated carbocycles. The van der Waals surface area contributed by atoms with Gasteiger partial charge in [0.15, 0.2) is 9.84 Å². The van der Waals surface area contributed by atoms with Crippen molar-refractivity contribution < 1.29 is 18.3 Å². The smallest absolute Gasteiger partial charge is 0.151 e. The van der Waals surface area contributed by atoms with E-state index in [0.717, 1.165) is 6.42 Å². The Morgan fingerprint density at radius 1 is 1.37 bits per heavy atom. The molecule has 0 radical (unpaired) electrons. The average Bonchev–Trinajstić information content (AvgIpc) is 2.71. The molecular formula is C13H27NO4S. The minimum Gasteiger partial charge on any atom is -0.389 e. The fourth-order valence-corrected chi connectivity index (χ4v) is 3.88. The second-order valence-electron chi connectivity index (χ2n) is 5.30. The SMILES string of the molecule is CCCCCCOCC(O)CNC1CCS(=O)(=O)C1. The molecule has 5 nitrogen and oxygen atoms in total. The number of aliphatic hydroxyl groups is 1. The molecule has 0 bridgehead atoms. The summed E-state index contributed by atoms with van der Waals surface area (Å²) < 4.78 is 27.9. The fraction of sp³-hybridized carbons (Fsp3) is 1.00. The van der Waals surface area contributed by atoms with E-state index in [1.165, 1.54) is 19.3 Å². The van der Waals surface area contributed by atoms with Crippen LogP contribution in [0.1, 0.15) is 39.0 Å². The topological polar surface area (TPSA) is 75.6 Å². The summed E-state index contributed by atoms with van der Waals surface area (Å²) in [5, 5.41) is 12.8. The van der Waals surface area contributed by atoms with E-state index in [0.29, 0.717) is 26.2 Å². The van der Waals surface area contributed by atoms with Gasteiger partial charge in [-0.25, -0.2) is 8.42 Å². The van der Waals surface area contributed by atoms with Crippen LogP contribution in [-0.4, -0.2) is 56.9 Å². The van der Waals surface area contributed by atoms with Gasteiger partial charge in [-0.1, -0.05) is 26.2 Å². The number of rotatable bonds is 10. The van der Waals surface area contributed by atoms with Gasteiger partial charge in [0.25, 0.3) is 0 Å². The molecule has 0 aromatic heterocycles. The molecule has 19 heavy (non-hydrogen) atoms. The molecule has 114 valence electrons. The summed E-state index contributed by atoms with van der Waals surface area (Å²) in [7, 11) is -2.85. The van der Waals surface area contributed by atoms with E-state index in [2.05, 4.69) is 12.2 Å². The molecule has 0 aliphatic carbocycles. The standard InChI is InChI=1S/C13H27NO4S/c1-2-3-4-5-7-18-10-13(15)9-14-12-6-8-19(16,17)11-12/h12-15H,2-11H2,1H3.